The molecule has 0 aromatic carbocycles. The number of alkyl halides is 2. The summed E-state index contributed by atoms with van der Waals surface area (Å²) in [6.07, 6.45) is 2.77. The van der Waals surface area contributed by atoms with Crippen LogP contribution in [-0.2, 0) is 0 Å². The zero-order chi connectivity index (χ0) is 8.97. The molecule has 0 aromatic heterocycles. The molecule has 0 radical (unpaired) electrons. The molecular weight excluding hydrogens is 160 g/mol. The lowest BCUT2D eigenvalue weighted by molar-refractivity contribution is 0.122. The average Bonchev–Trinajstić information content (AvgIpc) is 2.03. The molecule has 2 N–H and O–H groups in total. The molecular formula is C9H17F2N. The van der Waals surface area contributed by atoms with E-state index in [1.165, 1.54) is 0 Å². The normalized spacial score (nSPS) is 31.0. The van der Waals surface area contributed by atoms with Crippen molar-refractivity contribution in [3.8, 4) is 0 Å². The van der Waals surface area contributed by atoms with Crippen LogP contribution >= 0.6 is 0 Å². The van der Waals surface area contributed by atoms with Crippen LogP contribution in [0.25, 0.3) is 0 Å². The first-order chi connectivity index (χ1) is 5.68. The lowest BCUT2D eigenvalue weighted by atomic mass is 9.84. The van der Waals surface area contributed by atoms with Crippen molar-refractivity contribution in [3.63, 3.8) is 0 Å². The molecule has 0 aromatic rings. The van der Waals surface area contributed by atoms with E-state index in [0.717, 1.165) is 25.7 Å². The maximum absolute atomic E-state index is 11.8. The lowest BCUT2D eigenvalue weighted by Crippen LogP contribution is -2.26. The molecule has 0 heterocycles. The van der Waals surface area contributed by atoms with E-state index in [-0.39, 0.29) is 6.42 Å². The molecule has 0 spiro atoms. The van der Waals surface area contributed by atoms with Gasteiger partial charge in [-0.25, -0.2) is 8.78 Å². The molecule has 72 valence electrons. The van der Waals surface area contributed by atoms with E-state index in [0.29, 0.717) is 18.4 Å². The molecule has 1 aliphatic rings. The Hall–Kier alpha value is -0.180. The molecule has 1 aliphatic carbocycles. The Morgan fingerprint density at radius 3 is 2.25 bits per heavy atom. The van der Waals surface area contributed by atoms with Gasteiger partial charge in [0.15, 0.2) is 0 Å². The summed E-state index contributed by atoms with van der Waals surface area (Å²) in [5.74, 6) is 0.513. The van der Waals surface area contributed by atoms with E-state index in [1.54, 1.807) is 0 Å². The van der Waals surface area contributed by atoms with Crippen LogP contribution in [0.4, 0.5) is 8.78 Å². The summed E-state index contributed by atoms with van der Waals surface area (Å²) in [4.78, 5) is 0. The maximum atomic E-state index is 11.8. The van der Waals surface area contributed by atoms with Crippen molar-refractivity contribution in [2.45, 2.75) is 51.0 Å². The van der Waals surface area contributed by atoms with Crippen molar-refractivity contribution in [2.24, 2.45) is 11.7 Å². The van der Waals surface area contributed by atoms with Crippen molar-refractivity contribution < 1.29 is 8.78 Å². The SMILES string of the molecule is N[C@H]1CC[C@@H](CCC(F)F)CC1. The van der Waals surface area contributed by atoms with Gasteiger partial charge in [-0.2, -0.15) is 0 Å². The van der Waals surface area contributed by atoms with Crippen LogP contribution in [-0.4, -0.2) is 12.5 Å². The third kappa shape index (κ3) is 3.48. The molecule has 0 unspecified atom stereocenters. The third-order valence-electron chi connectivity index (χ3n) is 2.68. The van der Waals surface area contributed by atoms with E-state index in [1.807, 2.05) is 0 Å². The minimum atomic E-state index is -2.12. The second-order valence-electron chi connectivity index (χ2n) is 3.75. The predicted molar refractivity (Wildman–Crippen MR) is 45.2 cm³/mol. The Morgan fingerprint density at radius 1 is 1.17 bits per heavy atom. The van der Waals surface area contributed by atoms with Crippen molar-refractivity contribution in [3.05, 3.63) is 0 Å². The van der Waals surface area contributed by atoms with Gasteiger partial charge in [0.1, 0.15) is 0 Å². The van der Waals surface area contributed by atoms with E-state index >= 15 is 0 Å². The molecule has 0 bridgehead atoms. The van der Waals surface area contributed by atoms with Gasteiger partial charge in [-0.15, -0.1) is 0 Å². The Labute approximate surface area is 72.3 Å². The summed E-state index contributed by atoms with van der Waals surface area (Å²) in [6.45, 7) is 0. The highest BCUT2D eigenvalue weighted by Crippen LogP contribution is 2.27. The van der Waals surface area contributed by atoms with Gasteiger partial charge in [0.25, 0.3) is 0 Å². The van der Waals surface area contributed by atoms with E-state index in [9.17, 15) is 8.78 Å². The van der Waals surface area contributed by atoms with Crippen molar-refractivity contribution in [1.29, 1.82) is 0 Å². The van der Waals surface area contributed by atoms with Gasteiger partial charge >= 0.3 is 0 Å². The van der Waals surface area contributed by atoms with Crippen LogP contribution in [0.15, 0.2) is 0 Å². The van der Waals surface area contributed by atoms with Crippen molar-refractivity contribution >= 4 is 0 Å². The zero-order valence-electron chi connectivity index (χ0n) is 7.31. The van der Waals surface area contributed by atoms with Gasteiger partial charge in [-0.05, 0) is 38.0 Å². The summed E-state index contributed by atoms with van der Waals surface area (Å²) in [7, 11) is 0. The fourth-order valence-electron chi connectivity index (χ4n) is 1.84. The average molecular weight is 177 g/mol. The Kier molecular flexibility index (Phi) is 3.92. The zero-order valence-corrected chi connectivity index (χ0v) is 7.31. The largest absolute Gasteiger partial charge is 0.328 e. The number of halogens is 2. The van der Waals surface area contributed by atoms with Crippen LogP contribution in [0, 0.1) is 5.92 Å². The molecule has 1 fully saturated rings. The fourth-order valence-corrected chi connectivity index (χ4v) is 1.84. The molecule has 0 aliphatic heterocycles. The minimum absolute atomic E-state index is 0.0693. The molecule has 1 rings (SSSR count). The van der Waals surface area contributed by atoms with Crippen LogP contribution in [0.5, 0.6) is 0 Å². The van der Waals surface area contributed by atoms with Gasteiger partial charge in [-0.3, -0.25) is 0 Å². The first-order valence-corrected chi connectivity index (χ1v) is 4.72. The summed E-state index contributed by atoms with van der Waals surface area (Å²) in [6, 6.07) is 0.327. The maximum Gasteiger partial charge on any atom is 0.238 e. The second-order valence-corrected chi connectivity index (χ2v) is 3.75. The standard InChI is InChI=1S/C9H17F2N/c10-9(11)6-3-7-1-4-8(12)5-2-7/h7-9H,1-6,12H2/t7-,8+. The van der Waals surface area contributed by atoms with Crippen molar-refractivity contribution in [1.82, 2.24) is 0 Å². The molecule has 1 saturated carbocycles. The molecule has 1 nitrogen and oxygen atoms in total. The monoisotopic (exact) mass is 177 g/mol. The molecule has 0 amide bonds. The van der Waals surface area contributed by atoms with E-state index < -0.39 is 6.43 Å². The summed E-state index contributed by atoms with van der Waals surface area (Å²) in [5.41, 5.74) is 5.70. The first kappa shape index (κ1) is 9.90. The number of hydrogen-bond donors (Lipinski definition) is 1. The number of nitrogens with two attached hydrogens (primary N) is 1. The highest BCUT2D eigenvalue weighted by Gasteiger charge is 2.19. The van der Waals surface area contributed by atoms with Gasteiger partial charge < -0.3 is 5.73 Å². The highest BCUT2D eigenvalue weighted by molar-refractivity contribution is 4.74. The smallest absolute Gasteiger partial charge is 0.238 e. The van der Waals surface area contributed by atoms with Gasteiger partial charge in [0, 0.05) is 12.5 Å². The predicted octanol–water partition coefficient (Wildman–Crippen LogP) is 2.55. The molecule has 0 atom stereocenters. The lowest BCUT2D eigenvalue weighted by Gasteiger charge is -2.25. The number of rotatable bonds is 3. The Bertz CT molecular complexity index is 120. The van der Waals surface area contributed by atoms with Crippen LogP contribution < -0.4 is 5.73 Å². The quantitative estimate of drug-likeness (QED) is 0.704. The first-order valence-electron chi connectivity index (χ1n) is 4.72. The summed E-state index contributed by atoms with van der Waals surface area (Å²) in [5, 5.41) is 0. The minimum Gasteiger partial charge on any atom is -0.328 e. The van der Waals surface area contributed by atoms with E-state index in [4.69, 9.17) is 5.73 Å². The highest BCUT2D eigenvalue weighted by atomic mass is 19.3. The van der Waals surface area contributed by atoms with E-state index in [2.05, 4.69) is 0 Å². The molecule has 3 heteroatoms. The van der Waals surface area contributed by atoms with Crippen LogP contribution in [0.3, 0.4) is 0 Å². The molecule has 0 saturated heterocycles. The summed E-state index contributed by atoms with van der Waals surface area (Å²) >= 11 is 0. The Balaban J connectivity index is 2.09. The Morgan fingerprint density at radius 2 is 1.75 bits per heavy atom. The van der Waals surface area contributed by atoms with Gasteiger partial charge in [0.2, 0.25) is 6.43 Å². The van der Waals surface area contributed by atoms with Crippen LogP contribution in [0.1, 0.15) is 38.5 Å². The summed E-state index contributed by atoms with van der Waals surface area (Å²) < 4.78 is 23.7. The fraction of sp³-hybridized carbons (Fsp3) is 1.00. The van der Waals surface area contributed by atoms with Gasteiger partial charge in [-0.1, -0.05) is 0 Å². The number of hydrogen-bond acceptors (Lipinski definition) is 1. The van der Waals surface area contributed by atoms with Crippen LogP contribution in [0.2, 0.25) is 0 Å². The second kappa shape index (κ2) is 4.75. The van der Waals surface area contributed by atoms with Crippen molar-refractivity contribution in [2.75, 3.05) is 0 Å². The molecule has 12 heavy (non-hydrogen) atoms. The van der Waals surface area contributed by atoms with Gasteiger partial charge in [0.05, 0.1) is 0 Å². The topological polar surface area (TPSA) is 26.0 Å². The third-order valence-corrected chi connectivity index (χ3v) is 2.68.